The van der Waals surface area contributed by atoms with Gasteiger partial charge in [0.25, 0.3) is 11.6 Å². The lowest BCUT2D eigenvalue weighted by atomic mass is 10.1. The Balaban J connectivity index is 1.62. The van der Waals surface area contributed by atoms with E-state index in [0.717, 1.165) is 58.2 Å². The van der Waals surface area contributed by atoms with Crippen LogP contribution in [0.2, 0.25) is 0 Å². The fraction of sp³-hybridized carbons (Fsp3) is 0.632. The van der Waals surface area contributed by atoms with Crippen molar-refractivity contribution in [2.75, 3.05) is 24.6 Å². The summed E-state index contributed by atoms with van der Waals surface area (Å²) in [5.74, 6) is -0.263. The Bertz CT molecular complexity index is 652. The van der Waals surface area contributed by atoms with Gasteiger partial charge in [-0.1, -0.05) is 0 Å². The number of benzene rings is 1. The summed E-state index contributed by atoms with van der Waals surface area (Å²) < 4.78 is 5.60. The van der Waals surface area contributed by atoms with E-state index >= 15 is 0 Å². The van der Waals surface area contributed by atoms with Gasteiger partial charge in [0.15, 0.2) is 0 Å². The number of nitrogens with zero attached hydrogens (tertiary/aromatic N) is 2. The molecule has 0 saturated carbocycles. The third-order valence-electron chi connectivity index (χ3n) is 5.20. The van der Waals surface area contributed by atoms with Gasteiger partial charge in [0.1, 0.15) is 5.69 Å². The second kappa shape index (κ2) is 8.49. The Morgan fingerprint density at radius 2 is 2.15 bits per heavy atom. The Morgan fingerprint density at radius 1 is 1.38 bits per heavy atom. The molecule has 2 saturated heterocycles. The highest BCUT2D eigenvalue weighted by molar-refractivity contribution is 5.96. The van der Waals surface area contributed by atoms with E-state index in [4.69, 9.17) is 4.74 Å². The minimum atomic E-state index is -0.398. The fourth-order valence-corrected chi connectivity index (χ4v) is 3.72. The van der Waals surface area contributed by atoms with Crippen molar-refractivity contribution in [3.63, 3.8) is 0 Å². The van der Waals surface area contributed by atoms with Crippen molar-refractivity contribution >= 4 is 17.3 Å². The van der Waals surface area contributed by atoms with E-state index in [-0.39, 0.29) is 17.6 Å². The first kappa shape index (κ1) is 18.6. The molecule has 0 radical (unpaired) electrons. The van der Waals surface area contributed by atoms with Gasteiger partial charge < -0.3 is 15.0 Å². The monoisotopic (exact) mass is 361 g/mol. The molecule has 2 aliphatic heterocycles. The zero-order valence-electron chi connectivity index (χ0n) is 15.3. The third kappa shape index (κ3) is 4.52. The molecule has 0 unspecified atom stereocenters. The van der Waals surface area contributed by atoms with Crippen LogP contribution >= 0.6 is 0 Å². The van der Waals surface area contributed by atoms with Crippen LogP contribution in [0.1, 0.15) is 55.8 Å². The molecule has 1 N–H and O–H groups in total. The molecule has 0 spiro atoms. The Hall–Kier alpha value is -2.15. The molecule has 7 heteroatoms. The third-order valence-corrected chi connectivity index (χ3v) is 5.20. The summed E-state index contributed by atoms with van der Waals surface area (Å²) in [5, 5.41) is 14.4. The van der Waals surface area contributed by atoms with Gasteiger partial charge in [-0.3, -0.25) is 14.9 Å². The molecule has 2 fully saturated rings. The lowest BCUT2D eigenvalue weighted by molar-refractivity contribution is -0.384. The molecule has 26 heavy (non-hydrogen) atoms. The molecule has 0 bridgehead atoms. The second-order valence-corrected chi connectivity index (χ2v) is 7.24. The van der Waals surface area contributed by atoms with Gasteiger partial charge in [-0.25, -0.2) is 0 Å². The van der Waals surface area contributed by atoms with Crippen molar-refractivity contribution < 1.29 is 14.5 Å². The molecule has 142 valence electrons. The predicted molar refractivity (Wildman–Crippen MR) is 99.7 cm³/mol. The van der Waals surface area contributed by atoms with E-state index in [0.29, 0.717) is 17.4 Å². The summed E-state index contributed by atoms with van der Waals surface area (Å²) in [5.41, 5.74) is 0.950. The topological polar surface area (TPSA) is 84.7 Å². The number of hydrogen-bond donors (Lipinski definition) is 1. The zero-order valence-corrected chi connectivity index (χ0v) is 15.3. The highest BCUT2D eigenvalue weighted by atomic mass is 16.6. The van der Waals surface area contributed by atoms with Gasteiger partial charge in [0, 0.05) is 37.4 Å². The first-order valence-corrected chi connectivity index (χ1v) is 9.50. The number of amides is 1. The molecule has 2 atom stereocenters. The van der Waals surface area contributed by atoms with Crippen LogP contribution in [0, 0.1) is 10.1 Å². The summed E-state index contributed by atoms with van der Waals surface area (Å²) in [6.07, 6.45) is 6.35. The highest BCUT2D eigenvalue weighted by Gasteiger charge is 2.24. The van der Waals surface area contributed by atoms with Gasteiger partial charge in [0.05, 0.1) is 11.0 Å². The minimum Gasteiger partial charge on any atom is -0.378 e. The standard InChI is InChI=1S/C19H27N3O4/c1-14(6-8-16-5-4-12-26-16)20-19(23)15-7-9-17(18(13-15)22(24)25)21-10-2-3-11-21/h7,9,13-14,16H,2-6,8,10-12H2,1H3,(H,20,23)/t14-,16+/m1/s1. The highest BCUT2D eigenvalue weighted by Crippen LogP contribution is 2.31. The zero-order chi connectivity index (χ0) is 18.5. The molecule has 1 aromatic carbocycles. The molecule has 0 aliphatic carbocycles. The number of ether oxygens (including phenoxy) is 1. The quantitative estimate of drug-likeness (QED) is 0.595. The number of carbonyl (C=O) groups is 1. The van der Waals surface area contributed by atoms with Gasteiger partial charge in [-0.15, -0.1) is 0 Å². The van der Waals surface area contributed by atoms with Crippen molar-refractivity contribution in [2.45, 2.75) is 57.6 Å². The average molecular weight is 361 g/mol. The lowest BCUT2D eigenvalue weighted by Crippen LogP contribution is -2.33. The molecule has 2 heterocycles. The van der Waals surface area contributed by atoms with Crippen molar-refractivity contribution in [3.05, 3.63) is 33.9 Å². The molecule has 1 amide bonds. The molecule has 1 aromatic rings. The number of carbonyl (C=O) groups excluding carboxylic acids is 1. The van der Waals surface area contributed by atoms with E-state index < -0.39 is 4.92 Å². The first-order chi connectivity index (χ1) is 12.5. The molecular weight excluding hydrogens is 334 g/mol. The van der Waals surface area contributed by atoms with Crippen LogP contribution in [0.5, 0.6) is 0 Å². The van der Waals surface area contributed by atoms with Crippen molar-refractivity contribution in [2.24, 2.45) is 0 Å². The summed E-state index contributed by atoms with van der Waals surface area (Å²) in [6.45, 7) is 4.44. The number of rotatable bonds is 7. The predicted octanol–water partition coefficient (Wildman–Crippen LogP) is 3.27. The number of anilines is 1. The van der Waals surface area contributed by atoms with Gasteiger partial charge in [-0.2, -0.15) is 0 Å². The van der Waals surface area contributed by atoms with Crippen LogP contribution in [0.25, 0.3) is 0 Å². The van der Waals surface area contributed by atoms with E-state index in [2.05, 4.69) is 5.32 Å². The van der Waals surface area contributed by atoms with Crippen LogP contribution in [-0.4, -0.2) is 42.7 Å². The maximum Gasteiger partial charge on any atom is 0.293 e. The summed E-state index contributed by atoms with van der Waals surface area (Å²) in [7, 11) is 0. The number of nitro groups is 1. The molecule has 0 aromatic heterocycles. The smallest absolute Gasteiger partial charge is 0.293 e. The van der Waals surface area contributed by atoms with E-state index in [9.17, 15) is 14.9 Å². The SMILES string of the molecule is C[C@H](CC[C@@H]1CCCO1)NC(=O)c1ccc(N2CCCC2)c([N+](=O)[O-])c1. The van der Waals surface area contributed by atoms with Crippen LogP contribution in [0.3, 0.4) is 0 Å². The maximum atomic E-state index is 12.5. The van der Waals surface area contributed by atoms with E-state index in [1.54, 1.807) is 12.1 Å². The summed E-state index contributed by atoms with van der Waals surface area (Å²) in [6, 6.07) is 4.79. The largest absolute Gasteiger partial charge is 0.378 e. The molecule has 7 nitrogen and oxygen atoms in total. The van der Waals surface area contributed by atoms with Gasteiger partial charge in [-0.05, 0) is 57.6 Å². The first-order valence-electron chi connectivity index (χ1n) is 9.50. The summed E-state index contributed by atoms with van der Waals surface area (Å²) >= 11 is 0. The fourth-order valence-electron chi connectivity index (χ4n) is 3.72. The Labute approximate surface area is 153 Å². The molecule has 2 aliphatic rings. The van der Waals surface area contributed by atoms with Gasteiger partial charge in [0.2, 0.25) is 0 Å². The Kier molecular flexibility index (Phi) is 6.08. The maximum absolute atomic E-state index is 12.5. The molecule has 3 rings (SSSR count). The van der Waals surface area contributed by atoms with Crippen molar-refractivity contribution in [1.82, 2.24) is 5.32 Å². The number of hydrogen-bond acceptors (Lipinski definition) is 5. The van der Waals surface area contributed by atoms with Crippen molar-refractivity contribution in [3.8, 4) is 0 Å². The number of nitrogens with one attached hydrogen (secondary N) is 1. The average Bonchev–Trinajstić information content (AvgIpc) is 3.33. The van der Waals surface area contributed by atoms with Crippen LogP contribution in [-0.2, 0) is 4.74 Å². The van der Waals surface area contributed by atoms with Gasteiger partial charge >= 0.3 is 0 Å². The van der Waals surface area contributed by atoms with Crippen molar-refractivity contribution in [1.29, 1.82) is 0 Å². The minimum absolute atomic E-state index is 0.00372. The van der Waals surface area contributed by atoms with E-state index in [1.165, 1.54) is 6.07 Å². The van der Waals surface area contributed by atoms with Crippen LogP contribution < -0.4 is 10.2 Å². The van der Waals surface area contributed by atoms with Crippen LogP contribution in [0.15, 0.2) is 18.2 Å². The normalized spacial score (nSPS) is 21.0. The summed E-state index contributed by atoms with van der Waals surface area (Å²) in [4.78, 5) is 25.6. The van der Waals surface area contributed by atoms with Crippen LogP contribution in [0.4, 0.5) is 11.4 Å². The molecular formula is C19H27N3O4. The Morgan fingerprint density at radius 3 is 2.81 bits per heavy atom. The number of nitro benzene ring substituents is 1. The van der Waals surface area contributed by atoms with E-state index in [1.807, 2.05) is 11.8 Å². The second-order valence-electron chi connectivity index (χ2n) is 7.24. The lowest BCUT2D eigenvalue weighted by Gasteiger charge is -2.19.